The minimum atomic E-state index is -0.308. The van der Waals surface area contributed by atoms with Crippen molar-refractivity contribution in [1.29, 1.82) is 0 Å². The standard InChI is InChI=1S/C12H9BrFNS/c13-8-1-4-10(5-2-8)16-12-6-3-9(14)7-11(12)15/h1-7H,15H2. The van der Waals surface area contributed by atoms with Gasteiger partial charge in [-0.2, -0.15) is 0 Å². The van der Waals surface area contributed by atoms with E-state index in [1.807, 2.05) is 24.3 Å². The van der Waals surface area contributed by atoms with Gasteiger partial charge in [0.05, 0.1) is 0 Å². The van der Waals surface area contributed by atoms with Gasteiger partial charge in [-0.25, -0.2) is 4.39 Å². The van der Waals surface area contributed by atoms with Crippen LogP contribution in [0, 0.1) is 5.82 Å². The number of nitrogens with two attached hydrogens (primary N) is 1. The Morgan fingerprint density at radius 3 is 2.38 bits per heavy atom. The molecule has 2 aromatic rings. The summed E-state index contributed by atoms with van der Waals surface area (Å²) in [6, 6.07) is 12.3. The summed E-state index contributed by atoms with van der Waals surface area (Å²) in [6.45, 7) is 0. The second-order valence-corrected chi connectivity index (χ2v) is 5.27. The fraction of sp³-hybridized carbons (Fsp3) is 0. The smallest absolute Gasteiger partial charge is 0.125 e. The number of nitrogen functional groups attached to an aromatic ring is 1. The predicted octanol–water partition coefficient (Wildman–Crippen LogP) is 4.32. The van der Waals surface area contributed by atoms with Crippen molar-refractivity contribution in [3.05, 3.63) is 52.8 Å². The molecule has 16 heavy (non-hydrogen) atoms. The van der Waals surface area contributed by atoms with Gasteiger partial charge in [0, 0.05) is 20.0 Å². The van der Waals surface area contributed by atoms with E-state index in [0.717, 1.165) is 14.3 Å². The largest absolute Gasteiger partial charge is 0.398 e. The van der Waals surface area contributed by atoms with Crippen LogP contribution in [0.15, 0.2) is 56.7 Å². The second kappa shape index (κ2) is 4.89. The number of benzene rings is 2. The van der Waals surface area contributed by atoms with Crippen molar-refractivity contribution in [2.45, 2.75) is 9.79 Å². The van der Waals surface area contributed by atoms with E-state index in [-0.39, 0.29) is 5.82 Å². The summed E-state index contributed by atoms with van der Waals surface area (Å²) in [7, 11) is 0. The van der Waals surface area contributed by atoms with Crippen LogP contribution in [0.25, 0.3) is 0 Å². The zero-order valence-electron chi connectivity index (χ0n) is 8.28. The molecule has 0 unspecified atom stereocenters. The van der Waals surface area contributed by atoms with E-state index in [9.17, 15) is 4.39 Å². The molecule has 0 fully saturated rings. The van der Waals surface area contributed by atoms with Gasteiger partial charge >= 0.3 is 0 Å². The van der Waals surface area contributed by atoms with Gasteiger partial charge in [0.15, 0.2) is 0 Å². The number of halogens is 2. The molecule has 0 saturated heterocycles. The number of hydrogen-bond acceptors (Lipinski definition) is 2. The summed E-state index contributed by atoms with van der Waals surface area (Å²) in [5.74, 6) is -0.308. The maximum absolute atomic E-state index is 12.8. The van der Waals surface area contributed by atoms with Crippen LogP contribution < -0.4 is 5.73 Å². The highest BCUT2D eigenvalue weighted by atomic mass is 79.9. The van der Waals surface area contributed by atoms with Crippen LogP contribution in [0.1, 0.15) is 0 Å². The van der Waals surface area contributed by atoms with Crippen molar-refractivity contribution < 1.29 is 4.39 Å². The molecule has 0 amide bonds. The van der Waals surface area contributed by atoms with Gasteiger partial charge in [-0.1, -0.05) is 27.7 Å². The van der Waals surface area contributed by atoms with Crippen LogP contribution in [0.4, 0.5) is 10.1 Å². The quantitative estimate of drug-likeness (QED) is 0.836. The molecule has 0 radical (unpaired) electrons. The molecule has 0 atom stereocenters. The molecule has 1 nitrogen and oxygen atoms in total. The van der Waals surface area contributed by atoms with Gasteiger partial charge in [0.1, 0.15) is 5.82 Å². The molecule has 2 rings (SSSR count). The summed E-state index contributed by atoms with van der Waals surface area (Å²) < 4.78 is 13.9. The number of anilines is 1. The Kier molecular flexibility index (Phi) is 3.51. The van der Waals surface area contributed by atoms with Crippen molar-refractivity contribution >= 4 is 33.4 Å². The molecule has 0 aliphatic carbocycles. The van der Waals surface area contributed by atoms with Crippen molar-refractivity contribution in [1.82, 2.24) is 0 Å². The fourth-order valence-corrected chi connectivity index (χ4v) is 2.35. The molecule has 0 spiro atoms. The third kappa shape index (κ3) is 2.77. The molecule has 0 heterocycles. The van der Waals surface area contributed by atoms with Gasteiger partial charge in [-0.05, 0) is 42.5 Å². The van der Waals surface area contributed by atoms with Crippen LogP contribution in [0.3, 0.4) is 0 Å². The molecule has 4 heteroatoms. The Bertz CT molecular complexity index is 499. The van der Waals surface area contributed by atoms with Gasteiger partial charge in [-0.3, -0.25) is 0 Å². The maximum atomic E-state index is 12.8. The SMILES string of the molecule is Nc1cc(F)ccc1Sc1ccc(Br)cc1. The lowest BCUT2D eigenvalue weighted by Gasteiger charge is -2.05. The van der Waals surface area contributed by atoms with Crippen LogP contribution in [-0.4, -0.2) is 0 Å². The Hall–Kier alpha value is -1.00. The highest BCUT2D eigenvalue weighted by molar-refractivity contribution is 9.10. The Morgan fingerprint density at radius 2 is 1.75 bits per heavy atom. The lowest BCUT2D eigenvalue weighted by molar-refractivity contribution is 0.627. The van der Waals surface area contributed by atoms with Gasteiger partial charge < -0.3 is 5.73 Å². The van der Waals surface area contributed by atoms with Crippen molar-refractivity contribution in [3.63, 3.8) is 0 Å². The van der Waals surface area contributed by atoms with E-state index >= 15 is 0 Å². The minimum Gasteiger partial charge on any atom is -0.398 e. The van der Waals surface area contributed by atoms with Crippen molar-refractivity contribution in [3.8, 4) is 0 Å². The molecule has 0 bridgehead atoms. The maximum Gasteiger partial charge on any atom is 0.125 e. The molecule has 0 saturated carbocycles. The monoisotopic (exact) mass is 297 g/mol. The molecule has 0 aromatic heterocycles. The highest BCUT2D eigenvalue weighted by Gasteiger charge is 2.03. The van der Waals surface area contributed by atoms with Crippen LogP contribution >= 0.6 is 27.7 Å². The van der Waals surface area contributed by atoms with Gasteiger partial charge in [-0.15, -0.1) is 0 Å². The topological polar surface area (TPSA) is 26.0 Å². The van der Waals surface area contributed by atoms with Crippen LogP contribution in [0.2, 0.25) is 0 Å². The molecule has 0 aliphatic heterocycles. The Morgan fingerprint density at radius 1 is 1.06 bits per heavy atom. The second-order valence-electron chi connectivity index (χ2n) is 3.24. The highest BCUT2D eigenvalue weighted by Crippen LogP contribution is 2.32. The Labute approximate surface area is 106 Å². The van der Waals surface area contributed by atoms with Crippen molar-refractivity contribution in [2.24, 2.45) is 0 Å². The van der Waals surface area contributed by atoms with E-state index < -0.39 is 0 Å². The third-order valence-electron chi connectivity index (χ3n) is 2.01. The summed E-state index contributed by atoms with van der Waals surface area (Å²) in [6.07, 6.45) is 0. The number of rotatable bonds is 2. The van der Waals surface area contributed by atoms with Gasteiger partial charge in [0.25, 0.3) is 0 Å². The first-order valence-corrected chi connectivity index (χ1v) is 6.24. The van der Waals surface area contributed by atoms with Crippen LogP contribution in [0.5, 0.6) is 0 Å². The molecule has 2 N–H and O–H groups in total. The lowest BCUT2D eigenvalue weighted by atomic mass is 10.3. The van der Waals surface area contributed by atoms with E-state index in [2.05, 4.69) is 15.9 Å². The summed E-state index contributed by atoms with van der Waals surface area (Å²) in [5.41, 5.74) is 6.19. The van der Waals surface area contributed by atoms with E-state index in [1.165, 1.54) is 23.9 Å². The predicted molar refractivity (Wildman–Crippen MR) is 69.1 cm³/mol. The first kappa shape index (κ1) is 11.5. The van der Waals surface area contributed by atoms with Crippen molar-refractivity contribution in [2.75, 3.05) is 5.73 Å². The third-order valence-corrected chi connectivity index (χ3v) is 3.64. The summed E-state index contributed by atoms with van der Waals surface area (Å²) in [4.78, 5) is 1.94. The first-order valence-electron chi connectivity index (χ1n) is 4.63. The van der Waals surface area contributed by atoms with E-state index in [4.69, 9.17) is 5.73 Å². The zero-order valence-corrected chi connectivity index (χ0v) is 10.7. The van der Waals surface area contributed by atoms with E-state index in [1.54, 1.807) is 6.07 Å². The minimum absolute atomic E-state index is 0.308. The fourth-order valence-electron chi connectivity index (χ4n) is 1.24. The van der Waals surface area contributed by atoms with Gasteiger partial charge in [0.2, 0.25) is 0 Å². The summed E-state index contributed by atoms with van der Waals surface area (Å²) >= 11 is 4.89. The van der Waals surface area contributed by atoms with Crippen LogP contribution in [-0.2, 0) is 0 Å². The zero-order chi connectivity index (χ0) is 11.5. The first-order chi connectivity index (χ1) is 7.65. The lowest BCUT2D eigenvalue weighted by Crippen LogP contribution is -1.89. The van der Waals surface area contributed by atoms with E-state index in [0.29, 0.717) is 5.69 Å². The Balaban J connectivity index is 2.23. The molecule has 2 aromatic carbocycles. The molecular formula is C12H9BrFNS. The average molecular weight is 298 g/mol. The average Bonchev–Trinajstić information content (AvgIpc) is 2.25. The summed E-state index contributed by atoms with van der Waals surface area (Å²) in [5, 5.41) is 0. The molecule has 0 aliphatic rings. The molecule has 82 valence electrons. The molecular weight excluding hydrogens is 289 g/mol. The normalized spacial score (nSPS) is 10.4. The number of hydrogen-bond donors (Lipinski definition) is 1.